The zero-order chi connectivity index (χ0) is 25.9. The maximum atomic E-state index is 13.9. The second kappa shape index (κ2) is 10.7. The van der Waals surface area contributed by atoms with Gasteiger partial charge in [0.05, 0.1) is 24.5 Å². The Morgan fingerprint density at radius 2 is 1.56 bits per heavy atom. The van der Waals surface area contributed by atoms with Crippen molar-refractivity contribution in [2.75, 3.05) is 19.3 Å². The van der Waals surface area contributed by atoms with Crippen molar-refractivity contribution in [1.29, 1.82) is 0 Å². The molecule has 0 radical (unpaired) electrons. The number of hydrogen-bond acceptors (Lipinski definition) is 3. The lowest BCUT2D eigenvalue weighted by molar-refractivity contribution is -0.137. The molecule has 9 heteroatoms. The van der Waals surface area contributed by atoms with Crippen LogP contribution < -0.4 is 0 Å². The van der Waals surface area contributed by atoms with Crippen LogP contribution in [0.1, 0.15) is 34.6 Å². The number of nitrogens with zero attached hydrogens (tertiary/aromatic N) is 1. The van der Waals surface area contributed by atoms with E-state index in [1.54, 1.807) is 0 Å². The number of alkyl halides is 3. The van der Waals surface area contributed by atoms with Crippen LogP contribution in [0.15, 0.2) is 78.9 Å². The van der Waals surface area contributed by atoms with Crippen molar-refractivity contribution in [3.8, 4) is 0 Å². The topological polar surface area (TPSA) is 46.6 Å². The van der Waals surface area contributed by atoms with E-state index < -0.39 is 33.7 Å². The fraction of sp³-hybridized carbons (Fsp3) is 0.333. The van der Waals surface area contributed by atoms with Gasteiger partial charge in [-0.05, 0) is 41.3 Å². The average molecular weight is 522 g/mol. The van der Waals surface area contributed by atoms with Crippen molar-refractivity contribution in [1.82, 2.24) is 4.31 Å². The number of piperidine rings is 1. The molecule has 4 nitrogen and oxygen atoms in total. The molecule has 0 bridgehead atoms. The average Bonchev–Trinajstić information content (AvgIpc) is 2.83. The van der Waals surface area contributed by atoms with Crippen LogP contribution in [0.5, 0.6) is 0 Å². The first-order valence-electron chi connectivity index (χ1n) is 11.6. The van der Waals surface area contributed by atoms with E-state index in [0.29, 0.717) is 12.5 Å². The summed E-state index contributed by atoms with van der Waals surface area (Å²) >= 11 is 0. The van der Waals surface area contributed by atoms with Crippen LogP contribution in [0.3, 0.4) is 0 Å². The summed E-state index contributed by atoms with van der Waals surface area (Å²) in [5, 5.41) is 0. The molecule has 2 atom stereocenters. The Kier molecular flexibility index (Phi) is 7.82. The molecule has 1 fully saturated rings. The molecule has 3 aromatic rings. The highest BCUT2D eigenvalue weighted by Gasteiger charge is 2.40. The molecule has 0 N–H and O–H groups in total. The van der Waals surface area contributed by atoms with Gasteiger partial charge in [-0.2, -0.15) is 13.2 Å². The molecule has 0 aliphatic carbocycles. The summed E-state index contributed by atoms with van der Waals surface area (Å²) in [6, 6.07) is 21.7. The Bertz CT molecular complexity index is 1230. The Morgan fingerprint density at radius 1 is 0.972 bits per heavy atom. The predicted octanol–water partition coefficient (Wildman–Crippen LogP) is 5.84. The normalized spacial score (nSPS) is 19.5. The molecule has 0 aromatic heterocycles. The third-order valence-corrected chi connectivity index (χ3v) is 7.79. The van der Waals surface area contributed by atoms with Gasteiger partial charge >= 0.3 is 6.18 Å². The minimum absolute atomic E-state index is 0.0718. The molecule has 0 unspecified atom stereocenters. The maximum Gasteiger partial charge on any atom is 0.416 e. The summed E-state index contributed by atoms with van der Waals surface area (Å²) in [4.78, 5) is 0. The van der Waals surface area contributed by atoms with Gasteiger partial charge in [-0.15, -0.1) is 0 Å². The van der Waals surface area contributed by atoms with Gasteiger partial charge in [-0.1, -0.05) is 60.7 Å². The molecule has 0 amide bonds. The summed E-state index contributed by atoms with van der Waals surface area (Å²) in [6.07, 6.45) is -3.62. The summed E-state index contributed by atoms with van der Waals surface area (Å²) in [7, 11) is -3.47. The molecule has 3 aromatic carbocycles. The second-order valence-electron chi connectivity index (χ2n) is 9.07. The summed E-state index contributed by atoms with van der Waals surface area (Å²) in [6.45, 7) is 0.194. The number of benzene rings is 3. The molecule has 4 rings (SSSR count). The molecule has 36 heavy (non-hydrogen) atoms. The first-order chi connectivity index (χ1) is 17.0. The molecule has 0 spiro atoms. The Balaban J connectivity index is 1.68. The van der Waals surface area contributed by atoms with Crippen molar-refractivity contribution in [3.63, 3.8) is 0 Å². The quantitative estimate of drug-likeness (QED) is 0.367. The first kappa shape index (κ1) is 26.3. The van der Waals surface area contributed by atoms with E-state index in [9.17, 15) is 26.0 Å². The van der Waals surface area contributed by atoms with Crippen molar-refractivity contribution < 1.29 is 30.7 Å². The molecule has 1 aliphatic rings. The van der Waals surface area contributed by atoms with Crippen molar-refractivity contribution in [2.24, 2.45) is 5.92 Å². The standard InChI is InChI=1S/C27H27F4NO3S/c1-36(33,34)32-13-12-25(35-18-19-14-22(27(29,30)31)16-23(28)15-19)24(17-32)26(20-8-4-2-5-9-20)21-10-6-3-7-11-21/h2-11,14-16,24-26H,12-13,17-18H2,1H3/t24-,25+/m0/s1. The van der Waals surface area contributed by atoms with Crippen molar-refractivity contribution >= 4 is 10.0 Å². The maximum absolute atomic E-state index is 13.9. The molecule has 1 heterocycles. The van der Waals surface area contributed by atoms with E-state index in [-0.39, 0.29) is 37.1 Å². The van der Waals surface area contributed by atoms with Gasteiger partial charge in [-0.25, -0.2) is 17.1 Å². The highest BCUT2D eigenvalue weighted by atomic mass is 32.2. The molecular weight excluding hydrogens is 494 g/mol. The number of hydrogen-bond donors (Lipinski definition) is 0. The van der Waals surface area contributed by atoms with Gasteiger partial charge in [0, 0.05) is 24.9 Å². The van der Waals surface area contributed by atoms with Crippen LogP contribution in [0.4, 0.5) is 17.6 Å². The largest absolute Gasteiger partial charge is 0.416 e. The number of halogens is 4. The number of ether oxygens (including phenoxy) is 1. The monoisotopic (exact) mass is 521 g/mol. The summed E-state index contributed by atoms with van der Waals surface area (Å²) in [5.41, 5.74) is 0.948. The number of rotatable bonds is 7. The fourth-order valence-corrected chi connectivity index (χ4v) is 5.75. The lowest BCUT2D eigenvalue weighted by Gasteiger charge is -2.41. The van der Waals surface area contributed by atoms with E-state index in [2.05, 4.69) is 0 Å². The number of sulfonamides is 1. The smallest absolute Gasteiger partial charge is 0.373 e. The van der Waals surface area contributed by atoms with Gasteiger partial charge in [0.1, 0.15) is 5.82 Å². The zero-order valence-corrected chi connectivity index (χ0v) is 20.5. The lowest BCUT2D eigenvalue weighted by Crippen LogP contribution is -2.48. The van der Waals surface area contributed by atoms with Gasteiger partial charge in [-0.3, -0.25) is 0 Å². The third kappa shape index (κ3) is 6.32. The molecule has 0 saturated carbocycles. The summed E-state index contributed by atoms with van der Waals surface area (Å²) in [5.74, 6) is -1.53. The molecule has 192 valence electrons. The van der Waals surface area contributed by atoms with Gasteiger partial charge in [0.2, 0.25) is 10.0 Å². The van der Waals surface area contributed by atoms with Crippen LogP contribution in [0.2, 0.25) is 0 Å². The highest BCUT2D eigenvalue weighted by molar-refractivity contribution is 7.88. The Morgan fingerprint density at radius 3 is 2.08 bits per heavy atom. The SMILES string of the molecule is CS(=O)(=O)N1CC[C@@H](OCc2cc(F)cc(C(F)(F)F)c2)[C@@H](C(c2ccccc2)c2ccccc2)C1. The van der Waals surface area contributed by atoms with E-state index in [1.165, 1.54) is 4.31 Å². The van der Waals surface area contributed by atoms with E-state index >= 15 is 0 Å². The second-order valence-corrected chi connectivity index (χ2v) is 11.1. The van der Waals surface area contributed by atoms with Gasteiger partial charge in [0.25, 0.3) is 0 Å². The summed E-state index contributed by atoms with van der Waals surface area (Å²) < 4.78 is 85.8. The Hall–Kier alpha value is -2.75. The first-order valence-corrected chi connectivity index (χ1v) is 13.4. The van der Waals surface area contributed by atoms with Crippen molar-refractivity contribution in [2.45, 2.75) is 31.2 Å². The predicted molar refractivity (Wildman–Crippen MR) is 129 cm³/mol. The lowest BCUT2D eigenvalue weighted by atomic mass is 9.76. The Labute approximate surface area is 208 Å². The minimum Gasteiger partial charge on any atom is -0.373 e. The fourth-order valence-electron chi connectivity index (χ4n) is 4.87. The van der Waals surface area contributed by atoms with Gasteiger partial charge in [0.15, 0.2) is 0 Å². The van der Waals surface area contributed by atoms with Crippen LogP contribution in [-0.2, 0) is 27.5 Å². The molecular formula is C27H27F4NO3S. The highest BCUT2D eigenvalue weighted by Crippen LogP contribution is 2.39. The zero-order valence-electron chi connectivity index (χ0n) is 19.7. The van der Waals surface area contributed by atoms with Crippen LogP contribution in [0, 0.1) is 11.7 Å². The van der Waals surface area contributed by atoms with Gasteiger partial charge < -0.3 is 4.74 Å². The van der Waals surface area contributed by atoms with Crippen LogP contribution >= 0.6 is 0 Å². The van der Waals surface area contributed by atoms with E-state index in [0.717, 1.165) is 29.5 Å². The van der Waals surface area contributed by atoms with E-state index in [4.69, 9.17) is 4.74 Å². The molecule has 1 saturated heterocycles. The minimum atomic E-state index is -4.67. The van der Waals surface area contributed by atoms with Crippen molar-refractivity contribution in [3.05, 3.63) is 107 Å². The van der Waals surface area contributed by atoms with Crippen LogP contribution in [-0.4, -0.2) is 38.2 Å². The van der Waals surface area contributed by atoms with E-state index in [1.807, 2.05) is 60.7 Å². The van der Waals surface area contributed by atoms with Crippen LogP contribution in [0.25, 0.3) is 0 Å². The molecule has 1 aliphatic heterocycles. The third-order valence-electron chi connectivity index (χ3n) is 6.52.